The molecule has 0 aromatic heterocycles. The molecule has 1 amide bonds. The summed E-state index contributed by atoms with van der Waals surface area (Å²) in [6.07, 6.45) is 3.04. The quantitative estimate of drug-likeness (QED) is 0.726. The van der Waals surface area contributed by atoms with E-state index in [1.165, 1.54) is 6.42 Å². The van der Waals surface area contributed by atoms with Crippen molar-refractivity contribution < 1.29 is 4.79 Å². The summed E-state index contributed by atoms with van der Waals surface area (Å²) in [6.45, 7) is 9.34. The van der Waals surface area contributed by atoms with Crippen LogP contribution in [0.5, 0.6) is 0 Å². The van der Waals surface area contributed by atoms with Crippen LogP contribution in [0.1, 0.15) is 40.0 Å². The Hall–Kier alpha value is -0.570. The van der Waals surface area contributed by atoms with Gasteiger partial charge in [0.2, 0.25) is 5.91 Å². The Bertz CT molecular complexity index is 204. The molecule has 1 atom stereocenters. The summed E-state index contributed by atoms with van der Waals surface area (Å²) < 4.78 is 0. The number of rotatable bonds is 6. The van der Waals surface area contributed by atoms with Gasteiger partial charge in [-0.1, -0.05) is 27.2 Å². The Morgan fingerprint density at radius 2 is 2.27 bits per heavy atom. The molecule has 1 fully saturated rings. The van der Waals surface area contributed by atoms with E-state index in [1.54, 1.807) is 0 Å². The zero-order chi connectivity index (χ0) is 11.3. The van der Waals surface area contributed by atoms with Crippen LogP contribution in [0, 0.1) is 5.92 Å². The molecule has 0 saturated carbocycles. The van der Waals surface area contributed by atoms with Crippen LogP contribution in [-0.4, -0.2) is 36.5 Å². The first-order valence-electron chi connectivity index (χ1n) is 6.14. The lowest BCUT2D eigenvalue weighted by Crippen LogP contribution is -2.31. The molecule has 0 aromatic rings. The summed E-state index contributed by atoms with van der Waals surface area (Å²) in [5.74, 6) is 0.871. The van der Waals surface area contributed by atoms with E-state index in [1.807, 2.05) is 4.90 Å². The SMILES string of the molecule is CCCCN1CC(CNC(C)C)CC1=O. The largest absolute Gasteiger partial charge is 0.342 e. The van der Waals surface area contributed by atoms with E-state index in [4.69, 9.17) is 0 Å². The van der Waals surface area contributed by atoms with Gasteiger partial charge in [-0.05, 0) is 12.3 Å². The third-order valence-electron chi connectivity index (χ3n) is 2.89. The van der Waals surface area contributed by atoms with Gasteiger partial charge in [0.25, 0.3) is 0 Å². The van der Waals surface area contributed by atoms with E-state index in [2.05, 4.69) is 26.1 Å². The van der Waals surface area contributed by atoms with E-state index < -0.39 is 0 Å². The first-order valence-corrected chi connectivity index (χ1v) is 6.14. The van der Waals surface area contributed by atoms with E-state index in [-0.39, 0.29) is 0 Å². The number of carbonyl (C=O) groups excluding carboxylic acids is 1. The van der Waals surface area contributed by atoms with Gasteiger partial charge < -0.3 is 10.2 Å². The van der Waals surface area contributed by atoms with Crippen molar-refractivity contribution in [3.8, 4) is 0 Å². The van der Waals surface area contributed by atoms with Crippen LogP contribution in [0.25, 0.3) is 0 Å². The van der Waals surface area contributed by atoms with Crippen LogP contribution in [-0.2, 0) is 4.79 Å². The van der Waals surface area contributed by atoms with Crippen molar-refractivity contribution in [3.63, 3.8) is 0 Å². The van der Waals surface area contributed by atoms with Crippen LogP contribution in [0.4, 0.5) is 0 Å². The van der Waals surface area contributed by atoms with Gasteiger partial charge in [0.1, 0.15) is 0 Å². The first-order chi connectivity index (χ1) is 7.13. The van der Waals surface area contributed by atoms with Crippen LogP contribution >= 0.6 is 0 Å². The summed E-state index contributed by atoms with van der Waals surface area (Å²) in [5.41, 5.74) is 0. The molecule has 0 radical (unpaired) electrons. The minimum Gasteiger partial charge on any atom is -0.342 e. The van der Waals surface area contributed by atoms with Crippen LogP contribution < -0.4 is 5.32 Å². The fraction of sp³-hybridized carbons (Fsp3) is 0.917. The van der Waals surface area contributed by atoms with E-state index in [9.17, 15) is 4.79 Å². The molecule has 1 saturated heterocycles. The molecule has 1 N–H and O–H groups in total. The Balaban J connectivity index is 2.25. The molecule has 1 rings (SSSR count). The Kier molecular flexibility index (Phi) is 5.09. The standard InChI is InChI=1S/C12H24N2O/c1-4-5-6-14-9-11(7-12(14)15)8-13-10(2)3/h10-11,13H,4-9H2,1-3H3. The van der Waals surface area contributed by atoms with Crippen molar-refractivity contribution in [2.24, 2.45) is 5.92 Å². The highest BCUT2D eigenvalue weighted by Gasteiger charge is 2.28. The predicted octanol–water partition coefficient (Wildman–Crippen LogP) is 1.63. The molecule has 88 valence electrons. The highest BCUT2D eigenvalue weighted by Crippen LogP contribution is 2.17. The molecule has 0 spiro atoms. The van der Waals surface area contributed by atoms with E-state index in [0.29, 0.717) is 17.9 Å². The number of hydrogen-bond donors (Lipinski definition) is 1. The minimum absolute atomic E-state index is 0.346. The van der Waals surface area contributed by atoms with E-state index >= 15 is 0 Å². The first kappa shape index (κ1) is 12.5. The maximum Gasteiger partial charge on any atom is 0.222 e. The molecule has 0 bridgehead atoms. The lowest BCUT2D eigenvalue weighted by atomic mass is 10.1. The molecule has 0 aromatic carbocycles. The number of amides is 1. The number of likely N-dealkylation sites (tertiary alicyclic amines) is 1. The molecule has 0 aliphatic carbocycles. The Labute approximate surface area is 93.2 Å². The molecular formula is C12H24N2O. The summed E-state index contributed by atoms with van der Waals surface area (Å²) in [7, 11) is 0. The summed E-state index contributed by atoms with van der Waals surface area (Å²) >= 11 is 0. The van der Waals surface area contributed by atoms with Gasteiger partial charge in [-0.2, -0.15) is 0 Å². The maximum absolute atomic E-state index is 11.6. The topological polar surface area (TPSA) is 32.3 Å². The van der Waals surface area contributed by atoms with Crippen LogP contribution in [0.3, 0.4) is 0 Å². The van der Waals surface area contributed by atoms with Crippen LogP contribution in [0.15, 0.2) is 0 Å². The average Bonchev–Trinajstić information content (AvgIpc) is 2.53. The molecule has 3 heteroatoms. The summed E-state index contributed by atoms with van der Waals surface area (Å²) in [6, 6.07) is 0.518. The van der Waals surface area contributed by atoms with Gasteiger partial charge in [0.05, 0.1) is 0 Å². The highest BCUT2D eigenvalue weighted by atomic mass is 16.2. The lowest BCUT2D eigenvalue weighted by Gasteiger charge is -2.17. The van der Waals surface area contributed by atoms with Gasteiger partial charge in [-0.3, -0.25) is 4.79 Å². The summed E-state index contributed by atoms with van der Waals surface area (Å²) in [4.78, 5) is 13.7. The minimum atomic E-state index is 0.346. The van der Waals surface area contributed by atoms with Crippen molar-refractivity contribution in [3.05, 3.63) is 0 Å². The zero-order valence-electron chi connectivity index (χ0n) is 10.3. The molecule has 1 aliphatic heterocycles. The van der Waals surface area contributed by atoms with Gasteiger partial charge in [-0.15, -0.1) is 0 Å². The van der Waals surface area contributed by atoms with E-state index in [0.717, 1.165) is 32.5 Å². The molecule has 1 heterocycles. The molecule has 3 nitrogen and oxygen atoms in total. The van der Waals surface area contributed by atoms with Crippen molar-refractivity contribution in [1.82, 2.24) is 10.2 Å². The third kappa shape index (κ3) is 4.20. The molecule has 1 unspecified atom stereocenters. The summed E-state index contributed by atoms with van der Waals surface area (Å²) in [5, 5.41) is 3.41. The fourth-order valence-corrected chi connectivity index (χ4v) is 1.96. The molecule has 1 aliphatic rings. The second-order valence-electron chi connectivity index (χ2n) is 4.83. The van der Waals surface area contributed by atoms with Crippen molar-refractivity contribution >= 4 is 5.91 Å². The third-order valence-corrected chi connectivity index (χ3v) is 2.89. The monoisotopic (exact) mass is 212 g/mol. The van der Waals surface area contributed by atoms with Crippen molar-refractivity contribution in [2.75, 3.05) is 19.6 Å². The normalized spacial score (nSPS) is 21.7. The smallest absolute Gasteiger partial charge is 0.222 e. The predicted molar refractivity (Wildman–Crippen MR) is 62.7 cm³/mol. The van der Waals surface area contributed by atoms with Gasteiger partial charge in [0, 0.05) is 32.1 Å². The second kappa shape index (κ2) is 6.11. The molecule has 15 heavy (non-hydrogen) atoms. The number of hydrogen-bond acceptors (Lipinski definition) is 2. The number of carbonyl (C=O) groups is 1. The van der Waals surface area contributed by atoms with Gasteiger partial charge in [0.15, 0.2) is 0 Å². The molecular weight excluding hydrogens is 188 g/mol. The van der Waals surface area contributed by atoms with Crippen molar-refractivity contribution in [1.29, 1.82) is 0 Å². The Morgan fingerprint density at radius 1 is 1.53 bits per heavy atom. The number of nitrogens with one attached hydrogen (secondary N) is 1. The van der Waals surface area contributed by atoms with Crippen LogP contribution in [0.2, 0.25) is 0 Å². The Morgan fingerprint density at radius 3 is 2.87 bits per heavy atom. The van der Waals surface area contributed by atoms with Crippen molar-refractivity contribution in [2.45, 2.75) is 46.1 Å². The zero-order valence-corrected chi connectivity index (χ0v) is 10.3. The van der Waals surface area contributed by atoms with Gasteiger partial charge in [-0.25, -0.2) is 0 Å². The second-order valence-corrected chi connectivity index (χ2v) is 4.83. The average molecular weight is 212 g/mol. The number of unbranched alkanes of at least 4 members (excludes halogenated alkanes) is 1. The number of nitrogens with zero attached hydrogens (tertiary/aromatic N) is 1. The van der Waals surface area contributed by atoms with Gasteiger partial charge >= 0.3 is 0 Å². The highest BCUT2D eigenvalue weighted by molar-refractivity contribution is 5.78. The maximum atomic E-state index is 11.6. The lowest BCUT2D eigenvalue weighted by molar-refractivity contribution is -0.127. The fourth-order valence-electron chi connectivity index (χ4n) is 1.96.